The number of hydrogen-bond donors (Lipinski definition) is 0. The SMILES string of the molecule is c1cnc2c(c1)c1cccnc1c1nc3c(nc21)c1c2cccc4c5cccnc5n(c42)c1c1c3c2cccc3c4cccnc4n1c32. The Bertz CT molecular complexity index is 3340. The van der Waals surface area contributed by atoms with E-state index in [1.807, 2.05) is 49.1 Å². The third-order valence-corrected chi connectivity index (χ3v) is 10.5. The van der Waals surface area contributed by atoms with Crippen LogP contribution in [0, 0.1) is 0 Å². The fourth-order valence-corrected chi connectivity index (χ4v) is 8.77. The number of pyridine rings is 4. The summed E-state index contributed by atoms with van der Waals surface area (Å²) >= 11 is 0. The molecule has 0 amide bonds. The lowest BCUT2D eigenvalue weighted by Crippen LogP contribution is -1.96. The molecule has 0 fully saturated rings. The van der Waals surface area contributed by atoms with Crippen LogP contribution in [0.1, 0.15) is 0 Å². The first-order chi connectivity index (χ1) is 23.9. The van der Waals surface area contributed by atoms with Crippen molar-refractivity contribution in [2.45, 2.75) is 0 Å². The highest BCUT2D eigenvalue weighted by molar-refractivity contribution is 6.40. The van der Waals surface area contributed by atoms with Crippen molar-refractivity contribution in [3.05, 3.63) is 110 Å². The molecule has 48 heavy (non-hydrogen) atoms. The molecule has 218 valence electrons. The topological polar surface area (TPSA) is 86.2 Å². The molecule has 0 radical (unpaired) electrons. The summed E-state index contributed by atoms with van der Waals surface area (Å²) in [6.07, 6.45) is 7.43. The number of nitrogens with zero attached hydrogens (tertiary/aromatic N) is 8. The second-order valence-electron chi connectivity index (χ2n) is 12.7. The lowest BCUT2D eigenvalue weighted by atomic mass is 10.0. The van der Waals surface area contributed by atoms with E-state index in [0.717, 1.165) is 110 Å². The van der Waals surface area contributed by atoms with Crippen LogP contribution in [0.3, 0.4) is 0 Å². The highest BCUT2D eigenvalue weighted by Gasteiger charge is 2.29. The van der Waals surface area contributed by atoms with E-state index in [-0.39, 0.29) is 0 Å². The summed E-state index contributed by atoms with van der Waals surface area (Å²) in [6, 6.07) is 29.6. The lowest BCUT2D eigenvalue weighted by molar-refractivity contribution is 1.24. The Labute approximate surface area is 268 Å². The average molecular weight is 611 g/mol. The summed E-state index contributed by atoms with van der Waals surface area (Å²) in [5.74, 6) is 0. The van der Waals surface area contributed by atoms with Gasteiger partial charge in [0.2, 0.25) is 0 Å². The van der Waals surface area contributed by atoms with Gasteiger partial charge in [0.25, 0.3) is 0 Å². The van der Waals surface area contributed by atoms with Crippen molar-refractivity contribution in [1.29, 1.82) is 0 Å². The van der Waals surface area contributed by atoms with Crippen LogP contribution in [-0.4, -0.2) is 38.7 Å². The Kier molecular flexibility index (Phi) is 3.80. The molecular weight excluding hydrogens is 592 g/mol. The van der Waals surface area contributed by atoms with E-state index in [9.17, 15) is 0 Å². The van der Waals surface area contributed by atoms with Crippen LogP contribution in [-0.2, 0) is 0 Å². The van der Waals surface area contributed by atoms with E-state index >= 15 is 0 Å². The van der Waals surface area contributed by atoms with E-state index in [1.54, 1.807) is 0 Å². The summed E-state index contributed by atoms with van der Waals surface area (Å²) in [5, 5.41) is 11.0. The van der Waals surface area contributed by atoms with Crippen LogP contribution >= 0.6 is 0 Å². The van der Waals surface area contributed by atoms with Gasteiger partial charge in [-0.3, -0.25) is 18.8 Å². The maximum atomic E-state index is 5.58. The van der Waals surface area contributed by atoms with Crippen LogP contribution < -0.4 is 0 Å². The molecule has 0 spiro atoms. The standard InChI is InChI=1S/C40H18N8/c1-7-21-23-13-5-17-43-39(23)47-35(21)25(9-1)27-31-32(46-34-30-20(12-4-16-42-30)19-11-3-15-41-29(19)33(34)45-31)28-26-10-2-8-22-24-14-6-18-44-40(24)48(36(22)26)38(28)37(27)47/h1-18H. The predicted octanol–water partition coefficient (Wildman–Crippen LogP) is 8.97. The zero-order valence-corrected chi connectivity index (χ0v) is 25.0. The number of rotatable bonds is 0. The van der Waals surface area contributed by atoms with Gasteiger partial charge in [-0.1, -0.05) is 48.5 Å². The average Bonchev–Trinajstić information content (AvgIpc) is 3.88. The highest BCUT2D eigenvalue weighted by atomic mass is 15.0. The summed E-state index contributed by atoms with van der Waals surface area (Å²) < 4.78 is 4.70. The summed E-state index contributed by atoms with van der Waals surface area (Å²) in [5.41, 5.74) is 11.1. The maximum absolute atomic E-state index is 5.58. The molecule has 8 heteroatoms. The van der Waals surface area contributed by atoms with Gasteiger partial charge in [0, 0.05) is 78.6 Å². The zero-order valence-electron chi connectivity index (χ0n) is 25.0. The van der Waals surface area contributed by atoms with Crippen molar-refractivity contribution in [2.75, 3.05) is 0 Å². The van der Waals surface area contributed by atoms with Gasteiger partial charge in [-0.15, -0.1) is 0 Å². The van der Waals surface area contributed by atoms with Crippen molar-refractivity contribution in [3.8, 4) is 0 Å². The van der Waals surface area contributed by atoms with E-state index < -0.39 is 0 Å². The van der Waals surface area contributed by atoms with Crippen molar-refractivity contribution >= 4 is 120 Å². The minimum atomic E-state index is 0.751. The molecule has 0 saturated heterocycles. The van der Waals surface area contributed by atoms with E-state index in [1.165, 1.54) is 10.8 Å². The molecule has 13 aromatic rings. The lowest BCUT2D eigenvalue weighted by Gasteiger charge is -2.11. The van der Waals surface area contributed by atoms with Crippen molar-refractivity contribution in [3.63, 3.8) is 0 Å². The monoisotopic (exact) mass is 610 g/mol. The number of fused-ring (bicyclic) bond motifs is 22. The van der Waals surface area contributed by atoms with Crippen LogP contribution in [0.15, 0.2) is 110 Å². The molecule has 9 heterocycles. The second-order valence-corrected chi connectivity index (χ2v) is 12.7. The highest BCUT2D eigenvalue weighted by Crippen LogP contribution is 2.49. The minimum absolute atomic E-state index is 0.751. The first-order valence-electron chi connectivity index (χ1n) is 16.0. The molecule has 0 aliphatic rings. The molecule has 0 aliphatic heterocycles. The van der Waals surface area contributed by atoms with Crippen molar-refractivity contribution < 1.29 is 0 Å². The molecule has 0 atom stereocenters. The molecule has 4 aromatic carbocycles. The van der Waals surface area contributed by atoms with E-state index in [4.69, 9.17) is 29.9 Å². The Morgan fingerprint density at radius 2 is 0.708 bits per heavy atom. The minimum Gasteiger partial charge on any atom is -0.290 e. The third-order valence-electron chi connectivity index (χ3n) is 10.5. The summed E-state index contributed by atoms with van der Waals surface area (Å²) in [6.45, 7) is 0. The quantitative estimate of drug-likeness (QED) is 0.126. The second kappa shape index (κ2) is 7.76. The molecule has 0 bridgehead atoms. The molecule has 0 unspecified atom stereocenters. The smallest absolute Gasteiger partial charge is 0.145 e. The summed E-state index contributed by atoms with van der Waals surface area (Å²) in [4.78, 5) is 30.9. The molecule has 13 rings (SSSR count). The van der Waals surface area contributed by atoms with Crippen LogP contribution in [0.2, 0.25) is 0 Å². The van der Waals surface area contributed by atoms with Gasteiger partial charge in [-0.2, -0.15) is 0 Å². The van der Waals surface area contributed by atoms with Gasteiger partial charge in [0.15, 0.2) is 0 Å². The van der Waals surface area contributed by atoms with Crippen LogP contribution in [0.4, 0.5) is 0 Å². The first kappa shape index (κ1) is 23.5. The van der Waals surface area contributed by atoms with Gasteiger partial charge in [-0.05, 0) is 36.4 Å². The van der Waals surface area contributed by atoms with Crippen molar-refractivity contribution in [2.24, 2.45) is 0 Å². The first-order valence-corrected chi connectivity index (χ1v) is 16.0. The van der Waals surface area contributed by atoms with Gasteiger partial charge in [0.1, 0.15) is 33.4 Å². The van der Waals surface area contributed by atoms with Gasteiger partial charge in [-0.25, -0.2) is 19.9 Å². The van der Waals surface area contributed by atoms with Gasteiger partial charge in [0.05, 0.1) is 33.1 Å². The van der Waals surface area contributed by atoms with E-state index in [0.29, 0.717) is 0 Å². The summed E-state index contributed by atoms with van der Waals surface area (Å²) in [7, 11) is 0. The fraction of sp³-hybridized carbons (Fsp3) is 0. The molecule has 0 aliphatic carbocycles. The maximum Gasteiger partial charge on any atom is 0.145 e. The zero-order chi connectivity index (χ0) is 30.8. The Morgan fingerprint density at radius 3 is 1.19 bits per heavy atom. The third kappa shape index (κ3) is 2.44. The van der Waals surface area contributed by atoms with Crippen LogP contribution in [0.25, 0.3) is 120 Å². The van der Waals surface area contributed by atoms with Crippen LogP contribution in [0.5, 0.6) is 0 Å². The molecule has 8 nitrogen and oxygen atoms in total. The largest absolute Gasteiger partial charge is 0.290 e. The molecule has 9 aromatic heterocycles. The predicted molar refractivity (Wildman–Crippen MR) is 193 cm³/mol. The molecule has 0 saturated carbocycles. The number of hydrogen-bond acceptors (Lipinski definition) is 6. The Morgan fingerprint density at radius 1 is 0.312 bits per heavy atom. The molecular formula is C40H18N8. The number of benzene rings is 4. The fourth-order valence-electron chi connectivity index (χ4n) is 8.77. The normalized spacial score (nSPS) is 13.0. The van der Waals surface area contributed by atoms with E-state index in [2.05, 4.69) is 69.5 Å². The Balaban J connectivity index is 1.45. The van der Waals surface area contributed by atoms with Gasteiger partial charge >= 0.3 is 0 Å². The number of para-hydroxylation sites is 2. The molecule has 0 N–H and O–H groups in total. The van der Waals surface area contributed by atoms with Gasteiger partial charge < -0.3 is 0 Å². The Hall–Kier alpha value is -6.80. The van der Waals surface area contributed by atoms with Crippen molar-refractivity contribution in [1.82, 2.24) is 38.7 Å². The number of aromatic nitrogens is 8.